The van der Waals surface area contributed by atoms with Crippen molar-refractivity contribution in [3.05, 3.63) is 47.5 Å². The van der Waals surface area contributed by atoms with Gasteiger partial charge in [0.1, 0.15) is 12.6 Å². The Labute approximate surface area is 293 Å². The van der Waals surface area contributed by atoms with E-state index < -0.39 is 17.4 Å². The molecule has 7 nitrogen and oxygen atoms in total. The summed E-state index contributed by atoms with van der Waals surface area (Å²) in [6.45, 7) is 18.0. The van der Waals surface area contributed by atoms with Gasteiger partial charge in [-0.3, -0.25) is 14.4 Å². The molecule has 0 spiro atoms. The normalized spacial score (nSPS) is 41.4. The van der Waals surface area contributed by atoms with Gasteiger partial charge in [0.05, 0.1) is 12.5 Å². The zero-order valence-corrected chi connectivity index (χ0v) is 31.4. The van der Waals surface area contributed by atoms with Crippen molar-refractivity contribution >= 4 is 23.6 Å². The van der Waals surface area contributed by atoms with Crippen LogP contribution in [0.2, 0.25) is 0 Å². The van der Waals surface area contributed by atoms with Gasteiger partial charge in [-0.15, -0.1) is 0 Å². The van der Waals surface area contributed by atoms with Crippen LogP contribution in [0.1, 0.15) is 119 Å². The molecule has 4 fully saturated rings. The Hall–Kier alpha value is -2.96. The summed E-state index contributed by atoms with van der Waals surface area (Å²) in [6.07, 6.45) is 9.98. The van der Waals surface area contributed by atoms with Gasteiger partial charge < -0.3 is 14.8 Å². The Morgan fingerprint density at radius 3 is 2.24 bits per heavy atom. The molecule has 1 unspecified atom stereocenters. The molecule has 0 aromatic heterocycles. The van der Waals surface area contributed by atoms with Crippen molar-refractivity contribution in [1.29, 1.82) is 0 Å². The van der Waals surface area contributed by atoms with Gasteiger partial charge in [0.15, 0.2) is 5.78 Å². The van der Waals surface area contributed by atoms with Gasteiger partial charge in [0, 0.05) is 11.8 Å². The topological polar surface area (TPSA) is 98.8 Å². The van der Waals surface area contributed by atoms with Crippen LogP contribution in [0.5, 0.6) is 0 Å². The van der Waals surface area contributed by atoms with Crippen LogP contribution in [0.15, 0.2) is 42.0 Å². The van der Waals surface area contributed by atoms with Crippen LogP contribution in [0.4, 0.5) is 0 Å². The highest BCUT2D eigenvalue weighted by Gasteiger charge is 2.70. The Kier molecular flexibility index (Phi) is 8.84. The lowest BCUT2D eigenvalue weighted by Gasteiger charge is -2.70. The van der Waals surface area contributed by atoms with Crippen molar-refractivity contribution in [1.82, 2.24) is 5.32 Å². The summed E-state index contributed by atoms with van der Waals surface area (Å²) in [6, 6.07) is 9.16. The maximum atomic E-state index is 14.8. The number of esters is 2. The number of amides is 1. The van der Waals surface area contributed by atoms with Gasteiger partial charge in [0.25, 0.3) is 0 Å². The van der Waals surface area contributed by atoms with Crippen LogP contribution < -0.4 is 5.32 Å². The summed E-state index contributed by atoms with van der Waals surface area (Å²) >= 11 is 0. The molecule has 1 aromatic carbocycles. The summed E-state index contributed by atoms with van der Waals surface area (Å²) in [5.41, 5.74) is 0.709. The lowest BCUT2D eigenvalue weighted by Crippen LogP contribution is -2.66. The molecule has 0 bridgehead atoms. The van der Waals surface area contributed by atoms with E-state index in [0.717, 1.165) is 50.5 Å². The maximum absolute atomic E-state index is 14.8. The first-order chi connectivity index (χ1) is 22.9. The SMILES string of the molecule is COC(=O)[C@H](C)NC(=O)[C@H]1CC[C@]2(C)C3C(=O)C=C4[C@@H]5C[C@@](C)(C(=O)OCc6ccccc6)CC[C@]5(C)CC[C@@]4(C)[C@]3(C)CC[C@H]2C1(C)C. The van der Waals surface area contributed by atoms with E-state index in [-0.39, 0.29) is 75.0 Å². The predicted octanol–water partition coefficient (Wildman–Crippen LogP) is 8.00. The number of ether oxygens (including phenoxy) is 2. The van der Waals surface area contributed by atoms with Crippen LogP contribution >= 0.6 is 0 Å². The Bertz CT molecular complexity index is 1550. The van der Waals surface area contributed by atoms with Crippen molar-refractivity contribution in [3.63, 3.8) is 0 Å². The molecule has 5 aliphatic carbocycles. The standard InChI is InChI=1S/C42H59NO6/c1-26(35(46)48-9)43-34(45)28-15-17-40(6)32(37(28,2)3)16-18-42(8)33(40)31(44)23-29-30-24-39(5,20-19-38(30,4)21-22-41(29,42)7)36(47)49-25-27-13-11-10-12-14-27/h10-14,23,26,28,30,32-33H,15-22,24-25H2,1-9H3,(H,43,45)/t26-,28+,30-,32-,33?,38+,39-,40-,41+,42+/m0/s1. The number of nitrogens with one attached hydrogen (secondary N) is 1. The highest BCUT2D eigenvalue weighted by Crippen LogP contribution is 2.75. The van der Waals surface area contributed by atoms with Gasteiger partial charge in [-0.05, 0) is 122 Å². The Morgan fingerprint density at radius 2 is 1.57 bits per heavy atom. The summed E-state index contributed by atoms with van der Waals surface area (Å²) in [4.78, 5) is 54.3. The molecule has 49 heavy (non-hydrogen) atoms. The number of allylic oxidation sites excluding steroid dienone is 2. The number of benzene rings is 1. The van der Waals surface area contributed by atoms with Crippen molar-refractivity contribution in [3.8, 4) is 0 Å². The van der Waals surface area contributed by atoms with Crippen molar-refractivity contribution < 1.29 is 28.7 Å². The first kappa shape index (κ1) is 35.9. The van der Waals surface area contributed by atoms with Gasteiger partial charge in [-0.1, -0.05) is 77.4 Å². The molecule has 0 saturated heterocycles. The molecule has 0 heterocycles. The minimum Gasteiger partial charge on any atom is -0.467 e. The number of carbonyl (C=O) groups is 4. The monoisotopic (exact) mass is 673 g/mol. The minimum absolute atomic E-state index is 0.0455. The molecule has 1 aromatic rings. The third-order valence-electron chi connectivity index (χ3n) is 15.5. The van der Waals surface area contributed by atoms with Crippen LogP contribution in [0.25, 0.3) is 0 Å². The average molecular weight is 674 g/mol. The van der Waals surface area contributed by atoms with Gasteiger partial charge in [0.2, 0.25) is 5.91 Å². The Balaban J connectivity index is 1.29. The second kappa shape index (κ2) is 12.1. The molecule has 4 saturated carbocycles. The molecule has 5 aliphatic rings. The number of hydrogen-bond acceptors (Lipinski definition) is 6. The number of methoxy groups -OCH3 is 1. The molecule has 268 valence electrons. The maximum Gasteiger partial charge on any atom is 0.328 e. The molecule has 7 heteroatoms. The van der Waals surface area contributed by atoms with Crippen LogP contribution in [0.3, 0.4) is 0 Å². The minimum atomic E-state index is -0.705. The lowest BCUT2D eigenvalue weighted by molar-refractivity contribution is -0.195. The van der Waals surface area contributed by atoms with E-state index in [1.807, 2.05) is 36.4 Å². The van der Waals surface area contributed by atoms with E-state index >= 15 is 0 Å². The molecule has 0 radical (unpaired) electrons. The summed E-state index contributed by atoms with van der Waals surface area (Å²) in [7, 11) is 1.34. The molecule has 1 N–H and O–H groups in total. The second-order valence-electron chi connectivity index (χ2n) is 18.5. The fraction of sp³-hybridized carbons (Fsp3) is 0.714. The number of hydrogen-bond donors (Lipinski definition) is 1. The lowest BCUT2D eigenvalue weighted by atomic mass is 9.33. The van der Waals surface area contributed by atoms with Crippen LogP contribution in [-0.2, 0) is 35.3 Å². The number of ketones is 1. The second-order valence-corrected chi connectivity index (χ2v) is 18.5. The van der Waals surface area contributed by atoms with Crippen LogP contribution in [0, 0.1) is 56.2 Å². The quantitative estimate of drug-likeness (QED) is 0.307. The van der Waals surface area contributed by atoms with E-state index in [4.69, 9.17) is 9.47 Å². The van der Waals surface area contributed by atoms with Crippen molar-refractivity contribution in [2.75, 3.05) is 7.11 Å². The van der Waals surface area contributed by atoms with E-state index in [1.165, 1.54) is 12.7 Å². The third kappa shape index (κ3) is 5.42. The number of carbonyl (C=O) groups excluding carboxylic acids is 4. The smallest absolute Gasteiger partial charge is 0.328 e. The highest BCUT2D eigenvalue weighted by molar-refractivity contribution is 5.96. The van der Waals surface area contributed by atoms with Crippen LogP contribution in [-0.4, -0.2) is 36.8 Å². The zero-order chi connectivity index (χ0) is 35.8. The highest BCUT2D eigenvalue weighted by atomic mass is 16.5. The first-order valence-corrected chi connectivity index (χ1v) is 18.7. The van der Waals surface area contributed by atoms with E-state index in [0.29, 0.717) is 12.8 Å². The van der Waals surface area contributed by atoms with Gasteiger partial charge in [-0.2, -0.15) is 0 Å². The number of fused-ring (bicyclic) bond motifs is 7. The summed E-state index contributed by atoms with van der Waals surface area (Å²) in [5, 5.41) is 2.92. The predicted molar refractivity (Wildman–Crippen MR) is 189 cm³/mol. The van der Waals surface area contributed by atoms with Crippen molar-refractivity contribution in [2.45, 2.75) is 126 Å². The largest absolute Gasteiger partial charge is 0.467 e. The molecule has 10 atom stereocenters. The van der Waals surface area contributed by atoms with E-state index in [1.54, 1.807) is 6.92 Å². The summed E-state index contributed by atoms with van der Waals surface area (Å²) in [5.74, 6) is -0.498. The molecule has 1 amide bonds. The van der Waals surface area contributed by atoms with Crippen molar-refractivity contribution in [2.24, 2.45) is 56.2 Å². The van der Waals surface area contributed by atoms with Gasteiger partial charge in [-0.25, -0.2) is 4.79 Å². The summed E-state index contributed by atoms with van der Waals surface area (Å²) < 4.78 is 10.8. The fourth-order valence-corrected chi connectivity index (χ4v) is 12.3. The first-order valence-electron chi connectivity index (χ1n) is 18.7. The number of rotatable bonds is 6. The van der Waals surface area contributed by atoms with E-state index in [9.17, 15) is 19.2 Å². The van der Waals surface area contributed by atoms with E-state index in [2.05, 4.69) is 53.8 Å². The zero-order valence-electron chi connectivity index (χ0n) is 31.4. The third-order valence-corrected chi connectivity index (χ3v) is 15.5. The fourth-order valence-electron chi connectivity index (χ4n) is 12.3. The average Bonchev–Trinajstić information content (AvgIpc) is 3.05. The molecular formula is C42H59NO6. The Morgan fingerprint density at radius 1 is 0.898 bits per heavy atom. The molecule has 0 aliphatic heterocycles. The molecular weight excluding hydrogens is 614 g/mol. The van der Waals surface area contributed by atoms with Gasteiger partial charge >= 0.3 is 11.9 Å². The molecule has 6 rings (SSSR count).